The standard InChI is InChI=1S/C15H14N2O/c1-10-3-8-13-14(9-10)18-15(17-13)11-4-6-12(16-2)7-5-11/h3-9,16H,1-2H3. The Morgan fingerprint density at radius 2 is 1.83 bits per heavy atom. The number of benzene rings is 2. The number of aryl methyl sites for hydroxylation is 1. The molecule has 0 saturated heterocycles. The molecule has 18 heavy (non-hydrogen) atoms. The highest BCUT2D eigenvalue weighted by Crippen LogP contribution is 2.25. The minimum absolute atomic E-state index is 0.665. The minimum Gasteiger partial charge on any atom is -0.436 e. The topological polar surface area (TPSA) is 38.1 Å². The molecule has 3 heteroatoms. The summed E-state index contributed by atoms with van der Waals surface area (Å²) in [5, 5.41) is 3.09. The zero-order chi connectivity index (χ0) is 12.5. The summed E-state index contributed by atoms with van der Waals surface area (Å²) in [6, 6.07) is 14.1. The number of nitrogens with zero attached hydrogens (tertiary/aromatic N) is 1. The highest BCUT2D eigenvalue weighted by atomic mass is 16.3. The molecule has 0 aliphatic rings. The van der Waals surface area contributed by atoms with Crippen molar-refractivity contribution < 1.29 is 4.42 Å². The molecule has 1 aromatic heterocycles. The van der Waals surface area contributed by atoms with Gasteiger partial charge < -0.3 is 9.73 Å². The van der Waals surface area contributed by atoms with Crippen molar-refractivity contribution in [2.75, 3.05) is 12.4 Å². The van der Waals surface area contributed by atoms with E-state index in [0.717, 1.165) is 22.4 Å². The second-order valence-corrected chi connectivity index (χ2v) is 4.32. The Labute approximate surface area is 105 Å². The predicted molar refractivity (Wildman–Crippen MR) is 73.7 cm³/mol. The van der Waals surface area contributed by atoms with Crippen LogP contribution in [-0.2, 0) is 0 Å². The molecule has 3 nitrogen and oxygen atoms in total. The fraction of sp³-hybridized carbons (Fsp3) is 0.133. The lowest BCUT2D eigenvalue weighted by atomic mass is 10.2. The fourth-order valence-electron chi connectivity index (χ4n) is 1.93. The Balaban J connectivity index is 2.07. The van der Waals surface area contributed by atoms with E-state index in [9.17, 15) is 0 Å². The average Bonchev–Trinajstić information content (AvgIpc) is 2.81. The molecule has 0 aliphatic carbocycles. The number of anilines is 1. The predicted octanol–water partition coefficient (Wildman–Crippen LogP) is 3.84. The first-order valence-corrected chi connectivity index (χ1v) is 5.91. The Bertz CT molecular complexity index is 683. The lowest BCUT2D eigenvalue weighted by molar-refractivity contribution is 0.619. The number of hydrogen-bond donors (Lipinski definition) is 1. The number of nitrogens with one attached hydrogen (secondary N) is 1. The zero-order valence-electron chi connectivity index (χ0n) is 10.4. The average molecular weight is 238 g/mol. The van der Waals surface area contributed by atoms with E-state index in [1.807, 2.05) is 56.4 Å². The third kappa shape index (κ3) is 1.84. The van der Waals surface area contributed by atoms with Gasteiger partial charge in [0.2, 0.25) is 5.89 Å². The summed E-state index contributed by atoms with van der Waals surface area (Å²) in [6.45, 7) is 2.04. The molecule has 0 saturated carbocycles. The molecule has 0 atom stereocenters. The second-order valence-electron chi connectivity index (χ2n) is 4.32. The zero-order valence-corrected chi connectivity index (χ0v) is 10.4. The summed E-state index contributed by atoms with van der Waals surface area (Å²) < 4.78 is 5.78. The van der Waals surface area contributed by atoms with Crippen LogP contribution in [0.2, 0.25) is 0 Å². The first-order chi connectivity index (χ1) is 8.76. The van der Waals surface area contributed by atoms with E-state index in [1.54, 1.807) is 0 Å². The van der Waals surface area contributed by atoms with Gasteiger partial charge in [0.15, 0.2) is 5.58 Å². The van der Waals surface area contributed by atoms with Crippen LogP contribution in [0.3, 0.4) is 0 Å². The van der Waals surface area contributed by atoms with Gasteiger partial charge in [0.1, 0.15) is 5.52 Å². The quantitative estimate of drug-likeness (QED) is 0.737. The summed E-state index contributed by atoms with van der Waals surface area (Å²) in [5.41, 5.74) is 4.97. The highest BCUT2D eigenvalue weighted by molar-refractivity contribution is 5.77. The van der Waals surface area contributed by atoms with E-state index in [4.69, 9.17) is 4.42 Å². The molecule has 0 aliphatic heterocycles. The van der Waals surface area contributed by atoms with Crippen molar-refractivity contribution in [1.82, 2.24) is 4.98 Å². The fourth-order valence-corrected chi connectivity index (χ4v) is 1.93. The molecular weight excluding hydrogens is 224 g/mol. The van der Waals surface area contributed by atoms with Gasteiger partial charge in [-0.05, 0) is 48.9 Å². The maximum absolute atomic E-state index is 5.78. The molecule has 1 N–H and O–H groups in total. The smallest absolute Gasteiger partial charge is 0.227 e. The summed E-state index contributed by atoms with van der Waals surface area (Å²) >= 11 is 0. The van der Waals surface area contributed by atoms with Crippen molar-refractivity contribution >= 4 is 16.8 Å². The van der Waals surface area contributed by atoms with Crippen LogP contribution in [0.1, 0.15) is 5.56 Å². The SMILES string of the molecule is CNc1ccc(-c2nc3ccc(C)cc3o2)cc1. The van der Waals surface area contributed by atoms with Crippen LogP contribution in [0.4, 0.5) is 5.69 Å². The molecule has 0 radical (unpaired) electrons. The maximum atomic E-state index is 5.78. The van der Waals surface area contributed by atoms with Gasteiger partial charge in [0, 0.05) is 18.3 Å². The first-order valence-electron chi connectivity index (χ1n) is 5.91. The molecule has 0 unspecified atom stereocenters. The van der Waals surface area contributed by atoms with Gasteiger partial charge in [-0.25, -0.2) is 4.98 Å². The molecule has 0 bridgehead atoms. The summed E-state index contributed by atoms with van der Waals surface area (Å²) in [7, 11) is 1.90. The molecule has 90 valence electrons. The van der Waals surface area contributed by atoms with E-state index in [-0.39, 0.29) is 0 Å². The van der Waals surface area contributed by atoms with E-state index in [2.05, 4.69) is 10.3 Å². The van der Waals surface area contributed by atoms with Crippen LogP contribution >= 0.6 is 0 Å². The Morgan fingerprint density at radius 3 is 2.56 bits per heavy atom. The minimum atomic E-state index is 0.665. The molecular formula is C15H14N2O. The number of oxazole rings is 1. The van der Waals surface area contributed by atoms with Crippen molar-refractivity contribution in [1.29, 1.82) is 0 Å². The number of aromatic nitrogens is 1. The molecule has 3 aromatic rings. The first kappa shape index (κ1) is 10.8. The third-order valence-electron chi connectivity index (χ3n) is 2.96. The van der Waals surface area contributed by atoms with Crippen LogP contribution in [-0.4, -0.2) is 12.0 Å². The number of rotatable bonds is 2. The second kappa shape index (κ2) is 4.18. The molecule has 3 rings (SSSR count). The van der Waals surface area contributed by atoms with E-state index in [0.29, 0.717) is 5.89 Å². The van der Waals surface area contributed by atoms with E-state index < -0.39 is 0 Å². The Hall–Kier alpha value is -2.29. The van der Waals surface area contributed by atoms with Crippen LogP contribution < -0.4 is 5.32 Å². The Kier molecular flexibility index (Phi) is 2.52. The van der Waals surface area contributed by atoms with Crippen LogP contribution in [0.5, 0.6) is 0 Å². The lowest BCUT2D eigenvalue weighted by Crippen LogP contribution is -1.86. The van der Waals surface area contributed by atoms with Crippen molar-refractivity contribution in [3.05, 3.63) is 48.0 Å². The van der Waals surface area contributed by atoms with Gasteiger partial charge in [0.05, 0.1) is 0 Å². The molecule has 0 fully saturated rings. The highest BCUT2D eigenvalue weighted by Gasteiger charge is 2.07. The lowest BCUT2D eigenvalue weighted by Gasteiger charge is -1.99. The van der Waals surface area contributed by atoms with Crippen LogP contribution in [0, 0.1) is 6.92 Å². The number of fused-ring (bicyclic) bond motifs is 1. The van der Waals surface area contributed by atoms with Gasteiger partial charge >= 0.3 is 0 Å². The normalized spacial score (nSPS) is 10.8. The van der Waals surface area contributed by atoms with E-state index in [1.165, 1.54) is 5.56 Å². The van der Waals surface area contributed by atoms with E-state index >= 15 is 0 Å². The van der Waals surface area contributed by atoms with Crippen molar-refractivity contribution in [2.45, 2.75) is 6.92 Å². The van der Waals surface area contributed by atoms with Crippen molar-refractivity contribution in [2.24, 2.45) is 0 Å². The van der Waals surface area contributed by atoms with Gasteiger partial charge in [0.25, 0.3) is 0 Å². The monoisotopic (exact) mass is 238 g/mol. The van der Waals surface area contributed by atoms with Crippen LogP contribution in [0.15, 0.2) is 46.9 Å². The Morgan fingerprint density at radius 1 is 1.06 bits per heavy atom. The maximum Gasteiger partial charge on any atom is 0.227 e. The summed E-state index contributed by atoms with van der Waals surface area (Å²) in [5.74, 6) is 0.665. The summed E-state index contributed by atoms with van der Waals surface area (Å²) in [4.78, 5) is 4.49. The third-order valence-corrected chi connectivity index (χ3v) is 2.96. The molecule has 0 amide bonds. The van der Waals surface area contributed by atoms with Crippen molar-refractivity contribution in [3.8, 4) is 11.5 Å². The molecule has 1 heterocycles. The summed E-state index contributed by atoms with van der Waals surface area (Å²) in [6.07, 6.45) is 0. The van der Waals surface area contributed by atoms with Gasteiger partial charge in [-0.2, -0.15) is 0 Å². The molecule has 0 spiro atoms. The number of hydrogen-bond acceptors (Lipinski definition) is 3. The van der Waals surface area contributed by atoms with Crippen LogP contribution in [0.25, 0.3) is 22.6 Å². The van der Waals surface area contributed by atoms with Crippen molar-refractivity contribution in [3.63, 3.8) is 0 Å². The largest absolute Gasteiger partial charge is 0.436 e. The van der Waals surface area contributed by atoms with Gasteiger partial charge in [-0.15, -0.1) is 0 Å². The molecule has 2 aromatic carbocycles. The van der Waals surface area contributed by atoms with Gasteiger partial charge in [-0.1, -0.05) is 6.07 Å². The van der Waals surface area contributed by atoms with Gasteiger partial charge in [-0.3, -0.25) is 0 Å².